The maximum absolute atomic E-state index is 10.4. The molecule has 19 heavy (non-hydrogen) atoms. The molecule has 1 atom stereocenters. The van der Waals surface area contributed by atoms with Gasteiger partial charge in [0.15, 0.2) is 0 Å². The highest BCUT2D eigenvalue weighted by Gasteiger charge is 2.02. The van der Waals surface area contributed by atoms with Gasteiger partial charge in [0, 0.05) is 0 Å². The third-order valence-electron chi connectivity index (χ3n) is 2.97. The van der Waals surface area contributed by atoms with E-state index in [9.17, 15) is 9.90 Å². The third kappa shape index (κ3) is 3.42. The number of carboxylic acids is 1. The molecule has 0 radical (unpaired) electrons. The zero-order valence-corrected chi connectivity index (χ0v) is 10.7. The fraction of sp³-hybridized carbons (Fsp3) is 0.188. The van der Waals surface area contributed by atoms with Crippen LogP contribution in [0.15, 0.2) is 42.5 Å². The molecular formula is C16H16O3. The van der Waals surface area contributed by atoms with Gasteiger partial charge in [0.2, 0.25) is 0 Å². The van der Waals surface area contributed by atoms with Gasteiger partial charge < -0.3 is 10.2 Å². The predicted molar refractivity (Wildman–Crippen MR) is 75.9 cm³/mol. The Morgan fingerprint density at radius 3 is 2.63 bits per heavy atom. The van der Waals surface area contributed by atoms with Crippen molar-refractivity contribution in [2.45, 2.75) is 19.4 Å². The third-order valence-corrected chi connectivity index (χ3v) is 2.97. The Kier molecular flexibility index (Phi) is 3.97. The fourth-order valence-electron chi connectivity index (χ4n) is 1.94. The van der Waals surface area contributed by atoms with Crippen LogP contribution in [0.5, 0.6) is 0 Å². The molecule has 0 aromatic heterocycles. The Balaban J connectivity index is 2.32. The van der Waals surface area contributed by atoms with Crippen molar-refractivity contribution in [3.8, 4) is 0 Å². The molecular weight excluding hydrogens is 240 g/mol. The second-order valence-electron chi connectivity index (χ2n) is 4.54. The zero-order valence-electron chi connectivity index (χ0n) is 10.7. The smallest absolute Gasteiger partial charge is 0.307 e. The van der Waals surface area contributed by atoms with E-state index in [1.54, 1.807) is 19.1 Å². The molecule has 0 unspecified atom stereocenters. The van der Waals surface area contributed by atoms with Gasteiger partial charge in [-0.05, 0) is 41.0 Å². The van der Waals surface area contributed by atoms with Crippen molar-refractivity contribution in [2.24, 2.45) is 0 Å². The molecule has 0 spiro atoms. The number of carboxylic acid groups (broad SMARTS) is 1. The largest absolute Gasteiger partial charge is 0.481 e. The number of hydrogen-bond donors (Lipinski definition) is 2. The van der Waals surface area contributed by atoms with Crippen molar-refractivity contribution in [3.63, 3.8) is 0 Å². The highest BCUT2D eigenvalue weighted by atomic mass is 16.4. The minimum absolute atomic E-state index is 0.0196. The normalized spacial score (nSPS) is 12.9. The van der Waals surface area contributed by atoms with E-state index in [1.807, 2.05) is 36.4 Å². The van der Waals surface area contributed by atoms with Gasteiger partial charge in [0.25, 0.3) is 0 Å². The van der Waals surface area contributed by atoms with Crippen LogP contribution in [0.2, 0.25) is 0 Å². The first-order valence-electron chi connectivity index (χ1n) is 6.16. The van der Waals surface area contributed by atoms with Crippen molar-refractivity contribution in [1.29, 1.82) is 0 Å². The first kappa shape index (κ1) is 13.3. The van der Waals surface area contributed by atoms with Gasteiger partial charge in [0.05, 0.1) is 12.5 Å². The van der Waals surface area contributed by atoms with Crippen LogP contribution in [0, 0.1) is 0 Å². The van der Waals surface area contributed by atoms with Gasteiger partial charge in [0.1, 0.15) is 0 Å². The van der Waals surface area contributed by atoms with E-state index in [-0.39, 0.29) is 6.42 Å². The number of aliphatic carboxylic acids is 1. The van der Waals surface area contributed by atoms with Crippen LogP contribution < -0.4 is 0 Å². The Hall–Kier alpha value is -2.13. The first-order chi connectivity index (χ1) is 9.06. The molecule has 0 saturated carbocycles. The van der Waals surface area contributed by atoms with Crippen LogP contribution in [0.25, 0.3) is 16.8 Å². The average molecular weight is 256 g/mol. The molecule has 0 bridgehead atoms. The van der Waals surface area contributed by atoms with E-state index in [1.165, 1.54) is 0 Å². The molecule has 2 rings (SSSR count). The summed E-state index contributed by atoms with van der Waals surface area (Å²) in [6.45, 7) is 1.73. The highest BCUT2D eigenvalue weighted by molar-refractivity contribution is 5.85. The Morgan fingerprint density at radius 2 is 1.95 bits per heavy atom. The summed E-state index contributed by atoms with van der Waals surface area (Å²) in [6, 6.07) is 11.8. The summed E-state index contributed by atoms with van der Waals surface area (Å²) in [7, 11) is 0. The molecule has 0 saturated heterocycles. The lowest BCUT2D eigenvalue weighted by molar-refractivity contribution is -0.135. The van der Waals surface area contributed by atoms with Gasteiger partial charge in [-0.15, -0.1) is 0 Å². The van der Waals surface area contributed by atoms with Crippen molar-refractivity contribution in [3.05, 3.63) is 53.6 Å². The fourth-order valence-corrected chi connectivity index (χ4v) is 1.94. The lowest BCUT2D eigenvalue weighted by atomic mass is 10.0. The quantitative estimate of drug-likeness (QED) is 0.881. The lowest BCUT2D eigenvalue weighted by Gasteiger charge is -2.06. The minimum atomic E-state index is -0.839. The van der Waals surface area contributed by atoms with Crippen LogP contribution in [-0.2, 0) is 4.79 Å². The number of aliphatic hydroxyl groups is 1. The molecule has 0 fully saturated rings. The van der Waals surface area contributed by atoms with Gasteiger partial charge in [-0.1, -0.05) is 36.4 Å². The minimum Gasteiger partial charge on any atom is -0.481 e. The van der Waals surface area contributed by atoms with E-state index >= 15 is 0 Å². The van der Waals surface area contributed by atoms with Crippen LogP contribution >= 0.6 is 0 Å². The van der Waals surface area contributed by atoms with Crippen LogP contribution in [0.3, 0.4) is 0 Å². The second kappa shape index (κ2) is 5.67. The summed E-state index contributed by atoms with van der Waals surface area (Å²) in [5.74, 6) is -0.839. The van der Waals surface area contributed by atoms with Gasteiger partial charge in [-0.3, -0.25) is 4.79 Å². The molecule has 0 heterocycles. The highest BCUT2D eigenvalue weighted by Crippen LogP contribution is 2.22. The lowest BCUT2D eigenvalue weighted by Crippen LogP contribution is -1.90. The number of benzene rings is 2. The van der Waals surface area contributed by atoms with Crippen LogP contribution in [0.1, 0.15) is 30.6 Å². The van der Waals surface area contributed by atoms with E-state index < -0.39 is 12.1 Å². The van der Waals surface area contributed by atoms with Crippen molar-refractivity contribution < 1.29 is 15.0 Å². The van der Waals surface area contributed by atoms with Crippen LogP contribution in [0.4, 0.5) is 0 Å². The predicted octanol–water partition coefficient (Wildman–Crippen LogP) is 3.38. The molecule has 0 aliphatic rings. The monoisotopic (exact) mass is 256 g/mol. The summed E-state index contributed by atoms with van der Waals surface area (Å²) >= 11 is 0. The summed E-state index contributed by atoms with van der Waals surface area (Å²) in [6.07, 6.45) is 2.95. The van der Waals surface area contributed by atoms with Gasteiger partial charge in [-0.25, -0.2) is 0 Å². The number of aliphatic hydroxyl groups excluding tert-OH is 1. The maximum atomic E-state index is 10.4. The second-order valence-corrected chi connectivity index (χ2v) is 4.54. The van der Waals surface area contributed by atoms with E-state index in [2.05, 4.69) is 0 Å². The van der Waals surface area contributed by atoms with Gasteiger partial charge >= 0.3 is 5.97 Å². The number of hydrogen-bond acceptors (Lipinski definition) is 2. The Bertz CT molecular complexity index is 627. The summed E-state index contributed by atoms with van der Waals surface area (Å²) in [5.41, 5.74) is 1.83. The van der Waals surface area contributed by atoms with Crippen molar-refractivity contribution in [1.82, 2.24) is 0 Å². The molecule has 0 aliphatic carbocycles. The summed E-state index contributed by atoms with van der Waals surface area (Å²) in [4.78, 5) is 10.4. The maximum Gasteiger partial charge on any atom is 0.307 e. The molecule has 2 aromatic rings. The number of carbonyl (C=O) groups is 1. The zero-order chi connectivity index (χ0) is 13.8. The molecule has 0 aliphatic heterocycles. The standard InChI is InChI=1S/C16H16O3/c1-11(17)14-8-7-13-6-5-12(9-15(13)10-14)3-2-4-16(18)19/h2-3,5-11,17H,4H2,1H3,(H,18,19)/b3-2+/t11-/m1/s1. The van der Waals surface area contributed by atoms with E-state index in [4.69, 9.17) is 5.11 Å². The summed E-state index contributed by atoms with van der Waals surface area (Å²) < 4.78 is 0. The molecule has 0 amide bonds. The van der Waals surface area contributed by atoms with Crippen LogP contribution in [-0.4, -0.2) is 16.2 Å². The summed E-state index contributed by atoms with van der Waals surface area (Å²) in [5, 5.41) is 20.3. The molecule has 98 valence electrons. The Labute approximate surface area is 111 Å². The SMILES string of the molecule is C[C@@H](O)c1ccc2ccc(/C=C/CC(=O)O)cc2c1. The number of fused-ring (bicyclic) bond motifs is 1. The average Bonchev–Trinajstić information content (AvgIpc) is 2.37. The first-order valence-corrected chi connectivity index (χ1v) is 6.16. The Morgan fingerprint density at radius 1 is 1.21 bits per heavy atom. The topological polar surface area (TPSA) is 57.5 Å². The molecule has 3 nitrogen and oxygen atoms in total. The molecule has 2 N–H and O–H groups in total. The van der Waals surface area contributed by atoms with E-state index in [0.29, 0.717) is 0 Å². The molecule has 3 heteroatoms. The molecule has 2 aromatic carbocycles. The van der Waals surface area contributed by atoms with Gasteiger partial charge in [-0.2, -0.15) is 0 Å². The van der Waals surface area contributed by atoms with E-state index in [0.717, 1.165) is 21.9 Å². The van der Waals surface area contributed by atoms with Crippen molar-refractivity contribution >= 4 is 22.8 Å². The van der Waals surface area contributed by atoms with Crippen molar-refractivity contribution in [2.75, 3.05) is 0 Å². The number of rotatable bonds is 4.